The fourth-order valence-electron chi connectivity index (χ4n) is 3.09. The van der Waals surface area contributed by atoms with E-state index in [-0.39, 0.29) is 16.6 Å². The molecule has 0 saturated heterocycles. The van der Waals surface area contributed by atoms with Gasteiger partial charge in [-0.2, -0.15) is 0 Å². The first-order chi connectivity index (χ1) is 12.9. The van der Waals surface area contributed by atoms with Crippen molar-refractivity contribution in [2.45, 2.75) is 6.92 Å². The predicted octanol–water partition coefficient (Wildman–Crippen LogP) is 6.53. The highest BCUT2D eigenvalue weighted by Crippen LogP contribution is 2.34. The molecule has 1 heterocycles. The van der Waals surface area contributed by atoms with Crippen LogP contribution < -0.4 is 5.73 Å². The van der Waals surface area contributed by atoms with Crippen molar-refractivity contribution in [2.75, 3.05) is 5.73 Å². The number of nitrogens with two attached hydrogens (primary N) is 1. The number of ketones is 1. The van der Waals surface area contributed by atoms with E-state index in [1.165, 1.54) is 11.6 Å². The zero-order chi connectivity index (χ0) is 19.1. The summed E-state index contributed by atoms with van der Waals surface area (Å²) >= 11 is 12.1. The minimum absolute atomic E-state index is 0.0793. The molecule has 3 nitrogen and oxygen atoms in total. The largest absolute Gasteiger partial charge is 0.450 e. The van der Waals surface area contributed by atoms with Crippen molar-refractivity contribution in [1.82, 2.24) is 0 Å². The van der Waals surface area contributed by atoms with Crippen molar-refractivity contribution in [3.05, 3.63) is 87.6 Å². The van der Waals surface area contributed by atoms with E-state index < -0.39 is 0 Å². The summed E-state index contributed by atoms with van der Waals surface area (Å²) in [6, 6.07) is 18.6. The van der Waals surface area contributed by atoms with E-state index in [1.807, 2.05) is 43.3 Å². The maximum atomic E-state index is 12.9. The third kappa shape index (κ3) is 3.20. The highest BCUT2D eigenvalue weighted by Gasteiger charge is 2.22. The van der Waals surface area contributed by atoms with Crippen LogP contribution in [0.15, 0.2) is 65.1 Å². The van der Waals surface area contributed by atoms with Crippen LogP contribution in [0.25, 0.3) is 22.1 Å². The minimum Gasteiger partial charge on any atom is -0.450 e. The van der Waals surface area contributed by atoms with Gasteiger partial charge in [0.25, 0.3) is 0 Å². The van der Waals surface area contributed by atoms with Gasteiger partial charge < -0.3 is 10.2 Å². The van der Waals surface area contributed by atoms with Crippen LogP contribution in [0.5, 0.6) is 0 Å². The van der Waals surface area contributed by atoms with E-state index in [0.29, 0.717) is 27.2 Å². The van der Waals surface area contributed by atoms with Crippen LogP contribution in [0.4, 0.5) is 5.69 Å². The summed E-state index contributed by atoms with van der Waals surface area (Å²) in [5.74, 6) is -0.293. The van der Waals surface area contributed by atoms with Crippen molar-refractivity contribution in [2.24, 2.45) is 0 Å². The van der Waals surface area contributed by atoms with Crippen molar-refractivity contribution < 1.29 is 9.21 Å². The average molecular weight is 396 g/mol. The molecule has 0 aliphatic rings. The number of halogens is 2. The number of rotatable bonds is 3. The Morgan fingerprint density at radius 2 is 1.74 bits per heavy atom. The zero-order valence-corrected chi connectivity index (χ0v) is 15.9. The van der Waals surface area contributed by atoms with Gasteiger partial charge in [0.1, 0.15) is 5.58 Å². The molecule has 4 aromatic rings. The van der Waals surface area contributed by atoms with Crippen molar-refractivity contribution >= 4 is 45.6 Å². The van der Waals surface area contributed by atoms with Crippen molar-refractivity contribution in [3.63, 3.8) is 0 Å². The number of carbonyl (C=O) groups excluding carboxylic acids is 1. The van der Waals surface area contributed by atoms with Gasteiger partial charge in [0.05, 0.1) is 10.7 Å². The molecule has 2 N–H and O–H groups in total. The third-order valence-electron chi connectivity index (χ3n) is 4.46. The molecule has 0 amide bonds. The Kier molecular flexibility index (Phi) is 4.42. The van der Waals surface area contributed by atoms with Gasteiger partial charge in [-0.25, -0.2) is 0 Å². The molecule has 0 saturated carbocycles. The predicted molar refractivity (Wildman–Crippen MR) is 111 cm³/mol. The maximum absolute atomic E-state index is 12.9. The SMILES string of the molecule is Cc1cccc(-c2ccc3c(N)c(C(=O)c4ccc(Cl)cc4Cl)oc3c2)c1. The monoisotopic (exact) mass is 395 g/mol. The second kappa shape index (κ2) is 6.76. The maximum Gasteiger partial charge on any atom is 0.231 e. The molecule has 5 heteroatoms. The smallest absolute Gasteiger partial charge is 0.231 e. The van der Waals surface area contributed by atoms with E-state index in [9.17, 15) is 4.79 Å². The van der Waals surface area contributed by atoms with Crippen LogP contribution >= 0.6 is 23.2 Å². The summed E-state index contributed by atoms with van der Waals surface area (Å²) in [5, 5.41) is 1.41. The van der Waals surface area contributed by atoms with Crippen LogP contribution in [0.2, 0.25) is 10.0 Å². The molecule has 1 aromatic heterocycles. The highest BCUT2D eigenvalue weighted by molar-refractivity contribution is 6.37. The lowest BCUT2D eigenvalue weighted by Gasteiger charge is -2.02. The van der Waals surface area contributed by atoms with Crippen molar-refractivity contribution in [1.29, 1.82) is 0 Å². The van der Waals surface area contributed by atoms with E-state index in [0.717, 1.165) is 11.1 Å². The Hall–Kier alpha value is -2.75. The first-order valence-corrected chi connectivity index (χ1v) is 9.08. The number of fused-ring (bicyclic) bond motifs is 1. The normalized spacial score (nSPS) is 11.1. The van der Waals surface area contributed by atoms with Gasteiger partial charge in [-0.1, -0.05) is 59.1 Å². The molecule has 0 spiro atoms. The summed E-state index contributed by atoms with van der Waals surface area (Å²) in [5.41, 5.74) is 10.6. The second-order valence-corrected chi connectivity index (χ2v) is 7.22. The van der Waals surface area contributed by atoms with E-state index >= 15 is 0 Å². The number of carbonyl (C=O) groups is 1. The molecular formula is C22H15Cl2NO2. The molecule has 3 aromatic carbocycles. The molecule has 0 aliphatic heterocycles. The Balaban J connectivity index is 1.81. The molecule has 0 fully saturated rings. The molecule has 0 bridgehead atoms. The first-order valence-electron chi connectivity index (χ1n) is 8.33. The molecule has 0 radical (unpaired) electrons. The molecule has 134 valence electrons. The molecule has 0 atom stereocenters. The zero-order valence-electron chi connectivity index (χ0n) is 14.4. The average Bonchev–Trinajstić information content (AvgIpc) is 2.97. The third-order valence-corrected chi connectivity index (χ3v) is 5.01. The molecule has 27 heavy (non-hydrogen) atoms. The second-order valence-electron chi connectivity index (χ2n) is 6.38. The highest BCUT2D eigenvalue weighted by atomic mass is 35.5. The number of hydrogen-bond acceptors (Lipinski definition) is 3. The number of nitrogen functional groups attached to an aromatic ring is 1. The van der Waals surface area contributed by atoms with Gasteiger partial charge in [0.2, 0.25) is 5.78 Å². The number of anilines is 1. The van der Waals surface area contributed by atoms with Gasteiger partial charge in [0, 0.05) is 16.0 Å². The quantitative estimate of drug-likeness (QED) is 0.401. The molecule has 4 rings (SSSR count). The van der Waals surface area contributed by atoms with E-state index in [2.05, 4.69) is 6.07 Å². The summed E-state index contributed by atoms with van der Waals surface area (Å²) < 4.78 is 5.83. The Morgan fingerprint density at radius 1 is 0.963 bits per heavy atom. The topological polar surface area (TPSA) is 56.2 Å². The van der Waals surface area contributed by atoms with E-state index in [1.54, 1.807) is 12.1 Å². The fourth-order valence-corrected chi connectivity index (χ4v) is 3.58. The number of hydrogen-bond donors (Lipinski definition) is 1. The lowest BCUT2D eigenvalue weighted by atomic mass is 10.0. The van der Waals surface area contributed by atoms with Crippen LogP contribution in [0, 0.1) is 6.92 Å². The molecule has 0 unspecified atom stereocenters. The Bertz CT molecular complexity index is 1190. The Morgan fingerprint density at radius 3 is 2.48 bits per heavy atom. The van der Waals surface area contributed by atoms with Crippen LogP contribution in [0.3, 0.4) is 0 Å². The van der Waals surface area contributed by atoms with Gasteiger partial charge in [0.15, 0.2) is 5.76 Å². The number of aryl methyl sites for hydroxylation is 1. The standard InChI is InChI=1S/C22H15Cl2NO2/c1-12-3-2-4-13(9-12)14-5-7-17-19(10-14)27-22(20(17)25)21(26)16-8-6-15(23)11-18(16)24/h2-11H,25H2,1H3. The first kappa shape index (κ1) is 17.7. The van der Waals surface area contributed by atoms with Gasteiger partial charge in [-0.05, 0) is 48.4 Å². The van der Waals surface area contributed by atoms with E-state index in [4.69, 9.17) is 33.4 Å². The lowest BCUT2D eigenvalue weighted by Crippen LogP contribution is -2.03. The van der Waals surface area contributed by atoms with Gasteiger partial charge >= 0.3 is 0 Å². The minimum atomic E-state index is -0.373. The van der Waals surface area contributed by atoms with Crippen molar-refractivity contribution in [3.8, 4) is 11.1 Å². The number of furan rings is 1. The van der Waals surface area contributed by atoms with Crippen LogP contribution in [-0.2, 0) is 0 Å². The molecular weight excluding hydrogens is 381 g/mol. The summed E-state index contributed by atoms with van der Waals surface area (Å²) in [7, 11) is 0. The van der Waals surface area contributed by atoms with Crippen LogP contribution in [-0.4, -0.2) is 5.78 Å². The lowest BCUT2D eigenvalue weighted by molar-refractivity contribution is 0.101. The van der Waals surface area contributed by atoms with Gasteiger partial charge in [-0.3, -0.25) is 4.79 Å². The number of benzene rings is 3. The van der Waals surface area contributed by atoms with Gasteiger partial charge in [-0.15, -0.1) is 0 Å². The Labute approximate surface area is 166 Å². The van der Waals surface area contributed by atoms with Crippen LogP contribution in [0.1, 0.15) is 21.7 Å². The summed E-state index contributed by atoms with van der Waals surface area (Å²) in [6.07, 6.45) is 0. The fraction of sp³-hybridized carbons (Fsp3) is 0.0455. The summed E-state index contributed by atoms with van der Waals surface area (Å²) in [6.45, 7) is 2.04. The summed E-state index contributed by atoms with van der Waals surface area (Å²) in [4.78, 5) is 12.9. The molecule has 0 aliphatic carbocycles.